The van der Waals surface area contributed by atoms with E-state index in [1.54, 1.807) is 13.1 Å². The lowest BCUT2D eigenvalue weighted by atomic mass is 9.93. The van der Waals surface area contributed by atoms with Gasteiger partial charge in [-0.1, -0.05) is 31.5 Å². The van der Waals surface area contributed by atoms with Gasteiger partial charge in [-0.15, -0.1) is 0 Å². The predicted octanol–water partition coefficient (Wildman–Crippen LogP) is 5.01. The SMILES string of the molecule is CCOC(=O)Nc1ncc2c(c1Cl)-c1ccc(OCC(C)(N)CC(C)C)cc1CO2. The molecule has 1 aromatic heterocycles. The Kier molecular flexibility index (Phi) is 6.73. The van der Waals surface area contributed by atoms with Crippen LogP contribution in [0.1, 0.15) is 39.7 Å². The van der Waals surface area contributed by atoms with E-state index in [9.17, 15) is 4.79 Å². The zero-order valence-corrected chi connectivity index (χ0v) is 18.5. The van der Waals surface area contributed by atoms with Crippen molar-refractivity contribution in [3.05, 3.63) is 35.0 Å². The fourth-order valence-corrected chi connectivity index (χ4v) is 3.89. The molecule has 7 nitrogen and oxygen atoms in total. The summed E-state index contributed by atoms with van der Waals surface area (Å²) >= 11 is 6.55. The molecule has 162 valence electrons. The number of aromatic nitrogens is 1. The maximum atomic E-state index is 11.8. The molecule has 2 aromatic rings. The normalized spacial score (nSPS) is 14.2. The van der Waals surface area contributed by atoms with E-state index < -0.39 is 11.6 Å². The highest BCUT2D eigenvalue weighted by molar-refractivity contribution is 6.36. The fourth-order valence-electron chi connectivity index (χ4n) is 3.60. The van der Waals surface area contributed by atoms with Crippen molar-refractivity contribution in [1.82, 2.24) is 4.98 Å². The van der Waals surface area contributed by atoms with E-state index in [2.05, 4.69) is 24.1 Å². The van der Waals surface area contributed by atoms with E-state index in [0.717, 1.165) is 23.3 Å². The molecule has 1 unspecified atom stereocenters. The van der Waals surface area contributed by atoms with Crippen LogP contribution in [0.25, 0.3) is 11.1 Å². The molecule has 0 aliphatic carbocycles. The molecule has 8 heteroatoms. The Morgan fingerprint density at radius 3 is 2.90 bits per heavy atom. The molecule has 0 fully saturated rings. The molecule has 30 heavy (non-hydrogen) atoms. The van der Waals surface area contributed by atoms with Gasteiger partial charge in [-0.25, -0.2) is 9.78 Å². The number of ether oxygens (including phenoxy) is 3. The van der Waals surface area contributed by atoms with Crippen molar-refractivity contribution in [3.8, 4) is 22.6 Å². The van der Waals surface area contributed by atoms with E-state index in [1.165, 1.54) is 0 Å². The van der Waals surface area contributed by atoms with Crippen molar-refractivity contribution in [2.24, 2.45) is 11.7 Å². The smallest absolute Gasteiger partial charge is 0.412 e. The van der Waals surface area contributed by atoms with Crippen LogP contribution in [0.3, 0.4) is 0 Å². The quantitative estimate of drug-likeness (QED) is 0.637. The van der Waals surface area contributed by atoms with Gasteiger partial charge in [-0.2, -0.15) is 0 Å². The van der Waals surface area contributed by atoms with Crippen molar-refractivity contribution in [1.29, 1.82) is 0 Å². The van der Waals surface area contributed by atoms with Gasteiger partial charge in [0, 0.05) is 16.7 Å². The van der Waals surface area contributed by atoms with E-state index >= 15 is 0 Å². The van der Waals surface area contributed by atoms with Crippen LogP contribution in [0.15, 0.2) is 24.4 Å². The number of nitrogens with two attached hydrogens (primary N) is 1. The van der Waals surface area contributed by atoms with Crippen LogP contribution < -0.4 is 20.5 Å². The first-order valence-electron chi connectivity index (χ1n) is 10.00. The van der Waals surface area contributed by atoms with Crippen LogP contribution in [0, 0.1) is 5.92 Å². The van der Waals surface area contributed by atoms with Gasteiger partial charge in [-0.3, -0.25) is 5.32 Å². The largest absolute Gasteiger partial charge is 0.492 e. The zero-order chi connectivity index (χ0) is 21.9. The molecule has 1 aromatic carbocycles. The molecule has 0 saturated carbocycles. The summed E-state index contributed by atoms with van der Waals surface area (Å²) < 4.78 is 16.7. The Bertz CT molecular complexity index is 931. The molecule has 2 heterocycles. The number of benzene rings is 1. The third-order valence-corrected chi connectivity index (χ3v) is 5.02. The minimum Gasteiger partial charge on any atom is -0.492 e. The van der Waals surface area contributed by atoms with Crippen molar-refractivity contribution >= 4 is 23.5 Å². The van der Waals surface area contributed by atoms with Crippen molar-refractivity contribution in [2.45, 2.75) is 46.3 Å². The second-order valence-electron chi connectivity index (χ2n) is 8.15. The number of nitrogens with zero attached hydrogens (tertiary/aromatic N) is 1. The lowest BCUT2D eigenvalue weighted by molar-refractivity contribution is 0.168. The van der Waals surface area contributed by atoms with Gasteiger partial charge < -0.3 is 19.9 Å². The predicted molar refractivity (Wildman–Crippen MR) is 117 cm³/mol. The van der Waals surface area contributed by atoms with Gasteiger partial charge >= 0.3 is 6.09 Å². The second-order valence-corrected chi connectivity index (χ2v) is 8.53. The number of amides is 1. The first-order valence-corrected chi connectivity index (χ1v) is 10.4. The summed E-state index contributed by atoms with van der Waals surface area (Å²) in [7, 11) is 0. The number of hydrogen-bond donors (Lipinski definition) is 2. The first kappa shape index (κ1) is 22.2. The molecule has 1 aliphatic rings. The summed E-state index contributed by atoms with van der Waals surface area (Å²) in [6, 6.07) is 5.75. The summed E-state index contributed by atoms with van der Waals surface area (Å²) in [4.78, 5) is 15.9. The van der Waals surface area contributed by atoms with Crippen LogP contribution >= 0.6 is 11.6 Å². The fraction of sp³-hybridized carbons (Fsp3) is 0.455. The van der Waals surface area contributed by atoms with Gasteiger partial charge in [-0.05, 0) is 43.9 Å². The maximum absolute atomic E-state index is 11.8. The van der Waals surface area contributed by atoms with Crippen LogP contribution in [0.5, 0.6) is 11.5 Å². The molecule has 1 aliphatic heterocycles. The van der Waals surface area contributed by atoms with Crippen LogP contribution in [-0.2, 0) is 11.3 Å². The lowest BCUT2D eigenvalue weighted by Gasteiger charge is -2.27. The number of hydrogen-bond acceptors (Lipinski definition) is 6. The van der Waals surface area contributed by atoms with E-state index in [-0.39, 0.29) is 12.4 Å². The van der Waals surface area contributed by atoms with E-state index in [1.807, 2.05) is 25.1 Å². The third-order valence-electron chi connectivity index (χ3n) is 4.65. The summed E-state index contributed by atoms with van der Waals surface area (Å²) in [6.45, 7) is 9.04. The number of halogens is 1. The van der Waals surface area contributed by atoms with Crippen LogP contribution in [-0.4, -0.2) is 29.8 Å². The number of pyridine rings is 1. The average Bonchev–Trinajstić information content (AvgIpc) is 2.67. The molecule has 1 amide bonds. The molecule has 0 saturated heterocycles. The van der Waals surface area contributed by atoms with Gasteiger partial charge in [0.25, 0.3) is 0 Å². The van der Waals surface area contributed by atoms with Crippen molar-refractivity contribution in [2.75, 3.05) is 18.5 Å². The highest BCUT2D eigenvalue weighted by Gasteiger charge is 2.25. The molecular weight excluding hydrogens is 406 g/mol. The summed E-state index contributed by atoms with van der Waals surface area (Å²) in [5, 5.41) is 2.85. The average molecular weight is 434 g/mol. The molecule has 3 N–H and O–H groups in total. The van der Waals surface area contributed by atoms with Crippen LogP contribution in [0.4, 0.5) is 10.6 Å². The molecule has 0 bridgehead atoms. The summed E-state index contributed by atoms with van der Waals surface area (Å²) in [5.41, 5.74) is 8.45. The van der Waals surface area contributed by atoms with Crippen molar-refractivity contribution in [3.63, 3.8) is 0 Å². The highest BCUT2D eigenvalue weighted by atomic mass is 35.5. The minimum atomic E-state index is -0.612. The van der Waals surface area contributed by atoms with E-state index in [0.29, 0.717) is 35.5 Å². The van der Waals surface area contributed by atoms with Gasteiger partial charge in [0.2, 0.25) is 0 Å². The topological polar surface area (TPSA) is 95.7 Å². The second kappa shape index (κ2) is 9.10. The first-order chi connectivity index (χ1) is 14.2. The van der Waals surface area contributed by atoms with Gasteiger partial charge in [0.1, 0.15) is 24.7 Å². The molecule has 0 spiro atoms. The van der Waals surface area contributed by atoms with Gasteiger partial charge in [0.15, 0.2) is 5.82 Å². The Morgan fingerprint density at radius 1 is 1.43 bits per heavy atom. The molecule has 1 atom stereocenters. The lowest BCUT2D eigenvalue weighted by Crippen LogP contribution is -2.43. The minimum absolute atomic E-state index is 0.221. The number of rotatable bonds is 7. The molecule has 0 radical (unpaired) electrons. The number of fused-ring (bicyclic) bond motifs is 3. The van der Waals surface area contributed by atoms with Crippen LogP contribution in [0.2, 0.25) is 5.02 Å². The Hall–Kier alpha value is -2.51. The standard InChI is InChI=1S/C22H28ClN3O4/c1-5-28-21(27)26-20-19(23)18-16-7-6-15(30-12-22(4,24)9-13(2)3)8-14(16)11-29-17(18)10-25-20/h6-8,10,13H,5,9,11-12,24H2,1-4H3,(H,25,26,27). The zero-order valence-electron chi connectivity index (χ0n) is 17.8. The van der Waals surface area contributed by atoms with Gasteiger partial charge in [0.05, 0.1) is 17.8 Å². The number of carbonyl (C=O) groups is 1. The number of carbonyl (C=O) groups excluding carboxylic acids is 1. The summed E-state index contributed by atoms with van der Waals surface area (Å²) in [5.74, 6) is 1.99. The Morgan fingerprint density at radius 2 is 2.20 bits per heavy atom. The monoisotopic (exact) mass is 433 g/mol. The molecule has 3 rings (SSSR count). The number of nitrogens with one attached hydrogen (secondary N) is 1. The number of anilines is 1. The maximum Gasteiger partial charge on any atom is 0.412 e. The van der Waals surface area contributed by atoms with E-state index in [4.69, 9.17) is 31.5 Å². The highest BCUT2D eigenvalue weighted by Crippen LogP contribution is 2.45. The Balaban J connectivity index is 1.83. The molecular formula is C22H28ClN3O4. The summed E-state index contributed by atoms with van der Waals surface area (Å²) in [6.07, 6.45) is 1.80. The van der Waals surface area contributed by atoms with Crippen molar-refractivity contribution < 1.29 is 19.0 Å². The Labute approximate surface area is 181 Å². The third kappa shape index (κ3) is 5.15.